The Morgan fingerprint density at radius 1 is 1.09 bits per heavy atom. The van der Waals surface area contributed by atoms with Crippen LogP contribution in [0.5, 0.6) is 0 Å². The Bertz CT molecular complexity index is 749. The first-order valence-electron chi connectivity index (χ1n) is 7.86. The van der Waals surface area contributed by atoms with Gasteiger partial charge in [-0.15, -0.1) is 0 Å². The molecule has 2 aromatic rings. The summed E-state index contributed by atoms with van der Waals surface area (Å²) in [7, 11) is 0. The van der Waals surface area contributed by atoms with E-state index >= 15 is 0 Å². The molecule has 0 bridgehead atoms. The summed E-state index contributed by atoms with van der Waals surface area (Å²) < 4.78 is 1.71. The second kappa shape index (κ2) is 5.13. The van der Waals surface area contributed by atoms with E-state index in [2.05, 4.69) is 34.3 Å². The Labute approximate surface area is 130 Å². The molecule has 0 unspecified atom stereocenters. The summed E-state index contributed by atoms with van der Waals surface area (Å²) in [6, 6.07) is 10.4. The van der Waals surface area contributed by atoms with E-state index in [0.717, 1.165) is 29.9 Å². The van der Waals surface area contributed by atoms with Crippen LogP contribution in [0.3, 0.4) is 0 Å². The zero-order chi connectivity index (χ0) is 15.1. The Kier molecular flexibility index (Phi) is 3.10. The minimum absolute atomic E-state index is 0.140. The van der Waals surface area contributed by atoms with Crippen LogP contribution in [0.15, 0.2) is 30.3 Å². The number of rotatable bonds is 2. The Balaban J connectivity index is 1.64. The van der Waals surface area contributed by atoms with E-state index in [9.17, 15) is 4.79 Å². The molecular weight excluding hydrogens is 274 g/mol. The van der Waals surface area contributed by atoms with Gasteiger partial charge in [-0.25, -0.2) is 4.68 Å². The van der Waals surface area contributed by atoms with Gasteiger partial charge in [-0.1, -0.05) is 12.1 Å². The number of allylic oxidation sites excluding steroid dienone is 1. The zero-order valence-electron chi connectivity index (χ0n) is 12.7. The lowest BCUT2D eigenvalue weighted by Gasteiger charge is -2.19. The molecule has 0 radical (unpaired) electrons. The van der Waals surface area contributed by atoms with Crippen molar-refractivity contribution in [2.45, 2.75) is 26.2 Å². The highest BCUT2D eigenvalue weighted by Crippen LogP contribution is 2.29. The molecule has 2 aliphatic heterocycles. The molecule has 112 valence electrons. The summed E-state index contributed by atoms with van der Waals surface area (Å²) >= 11 is 0. The molecule has 3 heterocycles. The summed E-state index contributed by atoms with van der Waals surface area (Å²) in [4.78, 5) is 14.7. The van der Waals surface area contributed by atoms with Gasteiger partial charge in [0.2, 0.25) is 0 Å². The van der Waals surface area contributed by atoms with Crippen LogP contribution in [0.1, 0.15) is 41.0 Å². The molecule has 4 heteroatoms. The predicted octanol–water partition coefficient (Wildman–Crippen LogP) is 3.38. The van der Waals surface area contributed by atoms with E-state index in [0.29, 0.717) is 12.1 Å². The highest BCUT2D eigenvalue weighted by molar-refractivity contribution is 6.06. The smallest absolute Gasteiger partial charge is 0.185 e. The van der Waals surface area contributed by atoms with Crippen molar-refractivity contribution in [3.05, 3.63) is 47.3 Å². The van der Waals surface area contributed by atoms with Gasteiger partial charge in [-0.3, -0.25) is 4.79 Å². The number of carbonyl (C=O) groups excluding carboxylic acids is 1. The monoisotopic (exact) mass is 293 g/mol. The Morgan fingerprint density at radius 3 is 2.55 bits per heavy atom. The maximum Gasteiger partial charge on any atom is 0.185 e. The third-order valence-corrected chi connectivity index (χ3v) is 4.48. The molecule has 0 aliphatic carbocycles. The third kappa shape index (κ3) is 2.25. The molecule has 0 N–H and O–H groups in total. The number of hydrogen-bond acceptors (Lipinski definition) is 3. The van der Waals surface area contributed by atoms with Gasteiger partial charge < -0.3 is 4.90 Å². The molecule has 1 saturated heterocycles. The number of hydrogen-bond donors (Lipinski definition) is 0. The van der Waals surface area contributed by atoms with E-state index in [1.807, 2.05) is 19.2 Å². The Morgan fingerprint density at radius 2 is 1.82 bits per heavy atom. The first-order valence-corrected chi connectivity index (χ1v) is 7.86. The van der Waals surface area contributed by atoms with E-state index < -0.39 is 0 Å². The second-order valence-corrected chi connectivity index (χ2v) is 6.11. The van der Waals surface area contributed by atoms with Gasteiger partial charge in [0.25, 0.3) is 0 Å². The number of aryl methyl sites for hydroxylation is 1. The topological polar surface area (TPSA) is 38.1 Å². The van der Waals surface area contributed by atoms with E-state index in [1.165, 1.54) is 18.5 Å². The SMILES string of the molecule is Cc1cc2n(n1)C=C(c1ccc(N3CCCC3)cc1)CC2=O. The molecule has 0 saturated carbocycles. The van der Waals surface area contributed by atoms with Crippen LogP contribution in [0.2, 0.25) is 0 Å². The van der Waals surface area contributed by atoms with Gasteiger partial charge in [-0.2, -0.15) is 5.10 Å². The number of nitrogens with zero attached hydrogens (tertiary/aromatic N) is 3. The normalized spacial score (nSPS) is 17.6. The molecule has 1 aromatic heterocycles. The van der Waals surface area contributed by atoms with Crippen LogP contribution >= 0.6 is 0 Å². The van der Waals surface area contributed by atoms with Crippen LogP contribution in [-0.2, 0) is 0 Å². The van der Waals surface area contributed by atoms with Gasteiger partial charge in [0, 0.05) is 31.4 Å². The number of anilines is 1. The second-order valence-electron chi connectivity index (χ2n) is 6.11. The lowest BCUT2D eigenvalue weighted by molar-refractivity contribution is 0.0989. The molecule has 2 aliphatic rings. The fourth-order valence-electron chi connectivity index (χ4n) is 3.32. The fourth-order valence-corrected chi connectivity index (χ4v) is 3.32. The van der Waals surface area contributed by atoms with Gasteiger partial charge >= 0.3 is 0 Å². The standard InChI is InChI=1S/C18H19N3O/c1-13-10-17-18(22)11-15(12-21(17)19-13)14-4-6-16(7-5-14)20-8-2-3-9-20/h4-7,10,12H,2-3,8-9,11H2,1H3. The van der Waals surface area contributed by atoms with E-state index in [4.69, 9.17) is 0 Å². The van der Waals surface area contributed by atoms with Crippen molar-refractivity contribution >= 4 is 23.2 Å². The molecule has 22 heavy (non-hydrogen) atoms. The minimum atomic E-state index is 0.140. The maximum absolute atomic E-state index is 12.2. The maximum atomic E-state index is 12.2. The summed E-state index contributed by atoms with van der Waals surface area (Å²) in [5.74, 6) is 0.140. The number of fused-ring (bicyclic) bond motifs is 1. The summed E-state index contributed by atoms with van der Waals surface area (Å²) in [6.45, 7) is 4.21. The summed E-state index contributed by atoms with van der Waals surface area (Å²) in [6.07, 6.45) is 4.99. The van der Waals surface area contributed by atoms with Crippen molar-refractivity contribution in [3.8, 4) is 0 Å². The number of aromatic nitrogens is 2. The van der Waals surface area contributed by atoms with E-state index in [1.54, 1.807) is 4.68 Å². The molecule has 1 fully saturated rings. The van der Waals surface area contributed by atoms with Crippen LogP contribution in [0.25, 0.3) is 11.8 Å². The molecule has 0 atom stereocenters. The van der Waals surface area contributed by atoms with Gasteiger partial charge in [-0.05, 0) is 49.1 Å². The van der Waals surface area contributed by atoms with Crippen LogP contribution < -0.4 is 4.90 Å². The van der Waals surface area contributed by atoms with E-state index in [-0.39, 0.29) is 5.78 Å². The number of benzene rings is 1. The summed E-state index contributed by atoms with van der Waals surface area (Å²) in [5, 5.41) is 4.37. The highest BCUT2D eigenvalue weighted by Gasteiger charge is 2.21. The first kappa shape index (κ1) is 13.3. The predicted molar refractivity (Wildman–Crippen MR) is 88.0 cm³/mol. The third-order valence-electron chi connectivity index (χ3n) is 4.48. The molecule has 4 nitrogen and oxygen atoms in total. The van der Waals surface area contributed by atoms with Crippen LogP contribution in [0.4, 0.5) is 5.69 Å². The lowest BCUT2D eigenvalue weighted by atomic mass is 9.98. The van der Waals surface area contributed by atoms with Gasteiger partial charge in [0.05, 0.1) is 5.69 Å². The molecule has 0 amide bonds. The van der Waals surface area contributed by atoms with Gasteiger partial charge in [0.15, 0.2) is 5.78 Å². The first-order chi connectivity index (χ1) is 10.7. The van der Waals surface area contributed by atoms with Crippen LogP contribution in [0, 0.1) is 6.92 Å². The van der Waals surface area contributed by atoms with Crippen molar-refractivity contribution < 1.29 is 4.79 Å². The van der Waals surface area contributed by atoms with Crippen molar-refractivity contribution in [2.75, 3.05) is 18.0 Å². The summed E-state index contributed by atoms with van der Waals surface area (Å²) in [5.41, 5.74) is 4.99. The number of carbonyl (C=O) groups is 1. The Hall–Kier alpha value is -2.36. The number of Topliss-reactive ketones (excluding diaryl/α,β-unsaturated/α-hetero) is 1. The van der Waals surface area contributed by atoms with Crippen molar-refractivity contribution in [3.63, 3.8) is 0 Å². The number of ketones is 1. The average Bonchev–Trinajstić information content (AvgIpc) is 3.16. The molecule has 1 aromatic carbocycles. The highest BCUT2D eigenvalue weighted by atomic mass is 16.1. The molecular formula is C18H19N3O. The minimum Gasteiger partial charge on any atom is -0.372 e. The van der Waals surface area contributed by atoms with Crippen molar-refractivity contribution in [2.24, 2.45) is 0 Å². The molecule has 4 rings (SSSR count). The quantitative estimate of drug-likeness (QED) is 0.852. The van der Waals surface area contributed by atoms with Crippen molar-refractivity contribution in [1.29, 1.82) is 0 Å². The largest absolute Gasteiger partial charge is 0.372 e. The van der Waals surface area contributed by atoms with Crippen LogP contribution in [-0.4, -0.2) is 28.7 Å². The van der Waals surface area contributed by atoms with Crippen molar-refractivity contribution in [1.82, 2.24) is 9.78 Å². The average molecular weight is 293 g/mol. The molecule has 0 spiro atoms. The lowest BCUT2D eigenvalue weighted by Crippen LogP contribution is -2.17. The zero-order valence-corrected chi connectivity index (χ0v) is 12.7. The van der Waals surface area contributed by atoms with Gasteiger partial charge in [0.1, 0.15) is 5.69 Å². The fraction of sp³-hybridized carbons (Fsp3) is 0.333.